The summed E-state index contributed by atoms with van der Waals surface area (Å²) in [6.07, 6.45) is 9.74. The standard InChI is InChI=1S/C18H17N7O/c26-17(14-12-19-9-10-20-14)25-11-3-4-15(25)13-6-8-22-18(23-13)24-16-5-1-2-7-21-16/h1-2,5-10,12,15H,3-4,11H2,(H,21,22,23,24)/t15-/m0/s1. The van der Waals surface area contributed by atoms with Gasteiger partial charge in [-0.2, -0.15) is 0 Å². The van der Waals surface area contributed by atoms with Gasteiger partial charge in [-0.25, -0.2) is 19.9 Å². The fraction of sp³-hybridized carbons (Fsp3) is 0.222. The summed E-state index contributed by atoms with van der Waals surface area (Å²) in [4.78, 5) is 35.7. The molecule has 0 aliphatic carbocycles. The fourth-order valence-electron chi connectivity index (χ4n) is 3.04. The number of carbonyl (C=O) groups is 1. The molecule has 8 heteroatoms. The molecule has 3 aromatic heterocycles. The Hall–Kier alpha value is -3.42. The third-order valence-corrected chi connectivity index (χ3v) is 4.22. The van der Waals surface area contributed by atoms with Crippen molar-refractivity contribution in [1.82, 2.24) is 29.8 Å². The number of carbonyl (C=O) groups excluding carboxylic acids is 1. The molecule has 1 amide bonds. The zero-order valence-corrected chi connectivity index (χ0v) is 14.0. The molecule has 4 rings (SSSR count). The summed E-state index contributed by atoms with van der Waals surface area (Å²) in [6, 6.07) is 7.32. The number of nitrogens with zero attached hydrogens (tertiary/aromatic N) is 6. The van der Waals surface area contributed by atoms with Crippen molar-refractivity contribution in [1.29, 1.82) is 0 Å². The Balaban J connectivity index is 1.56. The third kappa shape index (κ3) is 3.34. The number of nitrogens with one attached hydrogen (secondary N) is 1. The topological polar surface area (TPSA) is 96.8 Å². The maximum atomic E-state index is 12.8. The summed E-state index contributed by atoms with van der Waals surface area (Å²) in [7, 11) is 0. The SMILES string of the molecule is O=C(c1cnccn1)N1CCC[C@H]1c1ccnc(Nc2ccccn2)n1. The van der Waals surface area contributed by atoms with Crippen LogP contribution in [0.5, 0.6) is 0 Å². The van der Waals surface area contributed by atoms with Gasteiger partial charge >= 0.3 is 0 Å². The smallest absolute Gasteiger partial charge is 0.274 e. The van der Waals surface area contributed by atoms with Gasteiger partial charge in [0.2, 0.25) is 5.95 Å². The van der Waals surface area contributed by atoms with Crippen LogP contribution in [0.2, 0.25) is 0 Å². The zero-order chi connectivity index (χ0) is 17.8. The van der Waals surface area contributed by atoms with Gasteiger partial charge in [-0.1, -0.05) is 6.07 Å². The quantitative estimate of drug-likeness (QED) is 0.774. The first-order valence-electron chi connectivity index (χ1n) is 8.39. The number of hydrogen-bond acceptors (Lipinski definition) is 7. The molecule has 0 spiro atoms. The average Bonchev–Trinajstić information content (AvgIpc) is 3.19. The molecule has 1 aliphatic rings. The first-order chi connectivity index (χ1) is 12.8. The van der Waals surface area contributed by atoms with Crippen LogP contribution in [0, 0.1) is 0 Å². The molecule has 130 valence electrons. The van der Waals surface area contributed by atoms with E-state index < -0.39 is 0 Å². The maximum Gasteiger partial charge on any atom is 0.274 e. The summed E-state index contributed by atoms with van der Waals surface area (Å²) in [5.41, 5.74) is 1.15. The van der Waals surface area contributed by atoms with Gasteiger partial charge in [0.25, 0.3) is 5.91 Å². The van der Waals surface area contributed by atoms with E-state index in [1.165, 1.54) is 12.4 Å². The minimum atomic E-state index is -0.126. The van der Waals surface area contributed by atoms with Gasteiger partial charge in [-0.3, -0.25) is 9.78 Å². The highest BCUT2D eigenvalue weighted by atomic mass is 16.2. The number of anilines is 2. The molecule has 0 bridgehead atoms. The molecule has 0 saturated carbocycles. The molecule has 0 aromatic carbocycles. The Kier molecular flexibility index (Phi) is 4.46. The summed E-state index contributed by atoms with van der Waals surface area (Å²) in [5.74, 6) is 1.00. The van der Waals surface area contributed by atoms with Crippen molar-refractivity contribution in [3.8, 4) is 0 Å². The van der Waals surface area contributed by atoms with Crippen molar-refractivity contribution < 1.29 is 4.79 Å². The van der Waals surface area contributed by atoms with Gasteiger partial charge in [0.15, 0.2) is 0 Å². The second-order valence-corrected chi connectivity index (χ2v) is 5.89. The summed E-state index contributed by atoms with van der Waals surface area (Å²) in [5, 5.41) is 3.08. The normalized spacial score (nSPS) is 16.5. The average molecular weight is 347 g/mol. The van der Waals surface area contributed by atoms with E-state index in [1.54, 1.807) is 23.5 Å². The number of pyridine rings is 1. The van der Waals surface area contributed by atoms with Crippen molar-refractivity contribution in [3.63, 3.8) is 0 Å². The number of likely N-dealkylation sites (tertiary alicyclic amines) is 1. The molecule has 1 N–H and O–H groups in total. The highest BCUT2D eigenvalue weighted by Crippen LogP contribution is 2.32. The van der Waals surface area contributed by atoms with Crippen molar-refractivity contribution in [3.05, 3.63) is 66.6 Å². The molecule has 1 aliphatic heterocycles. The lowest BCUT2D eigenvalue weighted by atomic mass is 10.1. The van der Waals surface area contributed by atoms with Crippen molar-refractivity contribution in [2.45, 2.75) is 18.9 Å². The number of amides is 1. The van der Waals surface area contributed by atoms with Gasteiger partial charge in [-0.05, 0) is 31.0 Å². The van der Waals surface area contributed by atoms with E-state index in [-0.39, 0.29) is 11.9 Å². The van der Waals surface area contributed by atoms with E-state index in [0.29, 0.717) is 24.0 Å². The second-order valence-electron chi connectivity index (χ2n) is 5.89. The first kappa shape index (κ1) is 16.1. The van der Waals surface area contributed by atoms with Crippen molar-refractivity contribution >= 4 is 17.7 Å². The molecular weight excluding hydrogens is 330 g/mol. The van der Waals surface area contributed by atoms with Gasteiger partial charge in [0.05, 0.1) is 17.9 Å². The number of rotatable bonds is 4. The molecular formula is C18H17N7O. The highest BCUT2D eigenvalue weighted by Gasteiger charge is 2.32. The van der Waals surface area contributed by atoms with Crippen molar-refractivity contribution in [2.24, 2.45) is 0 Å². The number of hydrogen-bond donors (Lipinski definition) is 1. The molecule has 26 heavy (non-hydrogen) atoms. The van der Waals surface area contributed by atoms with Crippen LogP contribution in [0.15, 0.2) is 55.2 Å². The lowest BCUT2D eigenvalue weighted by molar-refractivity contribution is 0.0726. The predicted molar refractivity (Wildman–Crippen MR) is 94.6 cm³/mol. The Labute approximate surface area is 150 Å². The van der Waals surface area contributed by atoms with E-state index in [0.717, 1.165) is 18.5 Å². The van der Waals surface area contributed by atoms with E-state index in [2.05, 4.69) is 30.2 Å². The Bertz CT molecular complexity index is 888. The Morgan fingerprint density at radius 3 is 2.85 bits per heavy atom. The van der Waals surface area contributed by atoms with Gasteiger partial charge in [0, 0.05) is 31.3 Å². The van der Waals surface area contributed by atoms with E-state index >= 15 is 0 Å². The minimum absolute atomic E-state index is 0.100. The molecule has 3 aromatic rings. The summed E-state index contributed by atoms with van der Waals surface area (Å²) in [6.45, 7) is 0.674. The lowest BCUT2D eigenvalue weighted by Crippen LogP contribution is -2.31. The maximum absolute atomic E-state index is 12.8. The van der Waals surface area contributed by atoms with Crippen LogP contribution in [0.4, 0.5) is 11.8 Å². The van der Waals surface area contributed by atoms with Crippen LogP contribution in [0.1, 0.15) is 35.1 Å². The van der Waals surface area contributed by atoms with Crippen LogP contribution >= 0.6 is 0 Å². The monoisotopic (exact) mass is 347 g/mol. The van der Waals surface area contributed by atoms with Crippen LogP contribution in [-0.2, 0) is 0 Å². The Morgan fingerprint density at radius 2 is 2.04 bits per heavy atom. The molecule has 1 atom stereocenters. The van der Waals surface area contributed by atoms with Crippen LogP contribution in [-0.4, -0.2) is 42.3 Å². The Morgan fingerprint density at radius 1 is 1.08 bits per heavy atom. The molecule has 4 heterocycles. The lowest BCUT2D eigenvalue weighted by Gasteiger charge is -2.24. The molecule has 8 nitrogen and oxygen atoms in total. The van der Waals surface area contributed by atoms with Gasteiger partial charge in [0.1, 0.15) is 11.5 Å². The van der Waals surface area contributed by atoms with E-state index in [9.17, 15) is 4.79 Å². The van der Waals surface area contributed by atoms with Crippen LogP contribution < -0.4 is 5.32 Å². The molecule has 0 unspecified atom stereocenters. The van der Waals surface area contributed by atoms with Gasteiger partial charge in [-0.15, -0.1) is 0 Å². The number of aromatic nitrogens is 5. The zero-order valence-electron chi connectivity index (χ0n) is 14.0. The van der Waals surface area contributed by atoms with Crippen LogP contribution in [0.3, 0.4) is 0 Å². The largest absolute Gasteiger partial charge is 0.329 e. The predicted octanol–water partition coefficient (Wildman–Crippen LogP) is 2.38. The first-order valence-corrected chi connectivity index (χ1v) is 8.39. The molecule has 0 radical (unpaired) electrons. The summed E-state index contributed by atoms with van der Waals surface area (Å²) < 4.78 is 0. The second kappa shape index (κ2) is 7.22. The van der Waals surface area contributed by atoms with Gasteiger partial charge < -0.3 is 10.2 Å². The molecule has 1 saturated heterocycles. The van der Waals surface area contributed by atoms with Crippen molar-refractivity contribution in [2.75, 3.05) is 11.9 Å². The minimum Gasteiger partial charge on any atom is -0.329 e. The molecule has 1 fully saturated rings. The third-order valence-electron chi connectivity index (χ3n) is 4.22. The van der Waals surface area contributed by atoms with E-state index in [4.69, 9.17) is 0 Å². The highest BCUT2D eigenvalue weighted by molar-refractivity contribution is 5.92. The van der Waals surface area contributed by atoms with Crippen LogP contribution in [0.25, 0.3) is 0 Å². The fourth-order valence-corrected chi connectivity index (χ4v) is 3.04. The van der Waals surface area contributed by atoms with E-state index in [1.807, 2.05) is 24.3 Å². The summed E-state index contributed by atoms with van der Waals surface area (Å²) >= 11 is 0.